The molecule has 0 aromatic heterocycles. The number of nitrogens with one attached hydrogen (secondary N) is 2. The number of rotatable bonds is 5. The second kappa shape index (κ2) is 7.52. The van der Waals surface area contributed by atoms with Crippen LogP contribution in [0, 0.1) is 0 Å². The normalized spacial score (nSPS) is 10.7. The Balaban J connectivity index is 2.36. The summed E-state index contributed by atoms with van der Waals surface area (Å²) in [7, 11) is 1.54. The van der Waals surface area contributed by atoms with Gasteiger partial charge in [-0.05, 0) is 32.9 Å². The SMILES string of the molecule is COc1ccccc1NC(=O)CCNC(=O)OC(C)(C)C. The molecule has 0 saturated carbocycles. The van der Waals surface area contributed by atoms with Crippen LogP contribution >= 0.6 is 0 Å². The summed E-state index contributed by atoms with van der Waals surface area (Å²) in [5.41, 5.74) is 0.0475. The lowest BCUT2D eigenvalue weighted by Gasteiger charge is -2.19. The fraction of sp³-hybridized carbons (Fsp3) is 0.467. The number of alkyl carbamates (subject to hydrolysis) is 1. The summed E-state index contributed by atoms with van der Waals surface area (Å²) in [5.74, 6) is 0.376. The molecule has 2 amide bonds. The van der Waals surface area contributed by atoms with E-state index in [2.05, 4.69) is 10.6 Å². The van der Waals surface area contributed by atoms with Crippen molar-refractivity contribution >= 4 is 17.7 Å². The number of para-hydroxylation sites is 2. The van der Waals surface area contributed by atoms with E-state index in [1.807, 2.05) is 6.07 Å². The highest BCUT2D eigenvalue weighted by Crippen LogP contribution is 2.22. The highest BCUT2D eigenvalue weighted by Gasteiger charge is 2.16. The third kappa shape index (κ3) is 6.65. The second-order valence-corrected chi connectivity index (χ2v) is 5.43. The van der Waals surface area contributed by atoms with Gasteiger partial charge in [0.25, 0.3) is 0 Å². The molecule has 1 rings (SSSR count). The summed E-state index contributed by atoms with van der Waals surface area (Å²) in [6, 6.07) is 7.13. The molecule has 6 nitrogen and oxygen atoms in total. The Morgan fingerprint density at radius 3 is 2.48 bits per heavy atom. The largest absolute Gasteiger partial charge is 0.495 e. The van der Waals surface area contributed by atoms with Crippen molar-refractivity contribution in [3.05, 3.63) is 24.3 Å². The summed E-state index contributed by atoms with van der Waals surface area (Å²) in [4.78, 5) is 23.2. The van der Waals surface area contributed by atoms with Gasteiger partial charge in [0.1, 0.15) is 11.4 Å². The summed E-state index contributed by atoms with van der Waals surface area (Å²) >= 11 is 0. The molecule has 0 saturated heterocycles. The molecule has 0 aliphatic heterocycles. The van der Waals surface area contributed by atoms with Gasteiger partial charge in [-0.3, -0.25) is 4.79 Å². The zero-order valence-corrected chi connectivity index (χ0v) is 12.9. The third-order valence-electron chi connectivity index (χ3n) is 2.40. The first kappa shape index (κ1) is 16.8. The van der Waals surface area contributed by atoms with E-state index in [1.54, 1.807) is 39.0 Å². The van der Waals surface area contributed by atoms with Crippen LogP contribution in [0.2, 0.25) is 0 Å². The van der Waals surface area contributed by atoms with Crippen LogP contribution in [-0.2, 0) is 9.53 Å². The van der Waals surface area contributed by atoms with Crippen molar-refractivity contribution in [2.24, 2.45) is 0 Å². The van der Waals surface area contributed by atoms with E-state index in [4.69, 9.17) is 9.47 Å². The van der Waals surface area contributed by atoms with Gasteiger partial charge in [0.2, 0.25) is 5.91 Å². The number of anilines is 1. The first-order valence-corrected chi connectivity index (χ1v) is 6.71. The molecule has 0 atom stereocenters. The number of methoxy groups -OCH3 is 1. The molecule has 0 aliphatic carbocycles. The Morgan fingerprint density at radius 2 is 1.86 bits per heavy atom. The average Bonchev–Trinajstić information content (AvgIpc) is 2.37. The highest BCUT2D eigenvalue weighted by atomic mass is 16.6. The van der Waals surface area contributed by atoms with E-state index in [-0.39, 0.29) is 18.9 Å². The predicted molar refractivity (Wildman–Crippen MR) is 80.5 cm³/mol. The van der Waals surface area contributed by atoms with Crippen molar-refractivity contribution in [2.75, 3.05) is 19.0 Å². The lowest BCUT2D eigenvalue weighted by molar-refractivity contribution is -0.116. The van der Waals surface area contributed by atoms with Gasteiger partial charge < -0.3 is 20.1 Å². The number of amides is 2. The lowest BCUT2D eigenvalue weighted by atomic mass is 10.2. The van der Waals surface area contributed by atoms with Gasteiger partial charge in [-0.2, -0.15) is 0 Å². The van der Waals surface area contributed by atoms with E-state index in [1.165, 1.54) is 7.11 Å². The van der Waals surface area contributed by atoms with Gasteiger partial charge in [0.15, 0.2) is 0 Å². The van der Waals surface area contributed by atoms with Gasteiger partial charge in [0.05, 0.1) is 12.8 Å². The van der Waals surface area contributed by atoms with Gasteiger partial charge >= 0.3 is 6.09 Å². The first-order chi connectivity index (χ1) is 9.81. The van der Waals surface area contributed by atoms with Crippen LogP contribution in [0.3, 0.4) is 0 Å². The quantitative estimate of drug-likeness (QED) is 0.875. The standard InChI is InChI=1S/C15H22N2O4/c1-15(2,3)21-14(19)16-10-9-13(18)17-11-7-5-6-8-12(11)20-4/h5-8H,9-10H2,1-4H3,(H,16,19)(H,17,18). The topological polar surface area (TPSA) is 76.7 Å². The molecular weight excluding hydrogens is 272 g/mol. The summed E-state index contributed by atoms with van der Waals surface area (Å²) in [6.45, 7) is 5.54. The van der Waals surface area contributed by atoms with E-state index < -0.39 is 11.7 Å². The zero-order valence-electron chi connectivity index (χ0n) is 12.9. The molecule has 116 valence electrons. The molecule has 21 heavy (non-hydrogen) atoms. The van der Waals surface area contributed by atoms with E-state index in [9.17, 15) is 9.59 Å². The monoisotopic (exact) mass is 294 g/mol. The number of hydrogen-bond donors (Lipinski definition) is 2. The number of hydrogen-bond acceptors (Lipinski definition) is 4. The predicted octanol–water partition coefficient (Wildman–Crippen LogP) is 2.55. The molecule has 0 unspecified atom stereocenters. The fourth-order valence-corrected chi connectivity index (χ4v) is 1.55. The van der Waals surface area contributed by atoms with Crippen molar-refractivity contribution < 1.29 is 19.1 Å². The Morgan fingerprint density at radius 1 is 1.19 bits per heavy atom. The molecule has 0 heterocycles. The van der Waals surface area contributed by atoms with Gasteiger partial charge in [-0.15, -0.1) is 0 Å². The molecule has 0 bridgehead atoms. The number of ether oxygens (including phenoxy) is 2. The van der Waals surface area contributed by atoms with Gasteiger partial charge in [0, 0.05) is 13.0 Å². The minimum Gasteiger partial charge on any atom is -0.495 e. The molecule has 0 radical (unpaired) electrons. The Kier molecular flexibility index (Phi) is 6.02. The highest BCUT2D eigenvalue weighted by molar-refractivity contribution is 5.92. The molecule has 2 N–H and O–H groups in total. The maximum atomic E-state index is 11.8. The Labute approximate surface area is 124 Å². The average molecular weight is 294 g/mol. The number of benzene rings is 1. The first-order valence-electron chi connectivity index (χ1n) is 6.71. The van der Waals surface area contributed by atoms with Crippen molar-refractivity contribution in [1.29, 1.82) is 0 Å². The minimum atomic E-state index is -0.552. The van der Waals surface area contributed by atoms with Gasteiger partial charge in [-0.1, -0.05) is 12.1 Å². The van der Waals surface area contributed by atoms with Crippen LogP contribution < -0.4 is 15.4 Å². The molecule has 1 aromatic rings. The van der Waals surface area contributed by atoms with Crippen molar-refractivity contribution in [2.45, 2.75) is 32.8 Å². The van der Waals surface area contributed by atoms with Gasteiger partial charge in [-0.25, -0.2) is 4.79 Å². The number of carbonyl (C=O) groups is 2. The summed E-state index contributed by atoms with van der Waals surface area (Å²) in [6.07, 6.45) is -0.385. The molecule has 0 aliphatic rings. The van der Waals surface area contributed by atoms with Crippen LogP contribution in [0.1, 0.15) is 27.2 Å². The lowest BCUT2D eigenvalue weighted by Crippen LogP contribution is -2.34. The van der Waals surface area contributed by atoms with Crippen LogP contribution in [0.5, 0.6) is 5.75 Å². The number of carbonyl (C=O) groups excluding carboxylic acids is 2. The molecule has 6 heteroatoms. The van der Waals surface area contributed by atoms with Crippen LogP contribution in [0.25, 0.3) is 0 Å². The van der Waals surface area contributed by atoms with Crippen molar-refractivity contribution in [1.82, 2.24) is 5.32 Å². The minimum absolute atomic E-state index is 0.150. The van der Waals surface area contributed by atoms with Crippen molar-refractivity contribution in [3.8, 4) is 5.75 Å². The van der Waals surface area contributed by atoms with Crippen molar-refractivity contribution in [3.63, 3.8) is 0 Å². The molecule has 0 spiro atoms. The molecule has 0 fully saturated rings. The van der Waals surface area contributed by atoms with Crippen LogP contribution in [-0.4, -0.2) is 31.3 Å². The van der Waals surface area contributed by atoms with Crippen LogP contribution in [0.4, 0.5) is 10.5 Å². The Hall–Kier alpha value is -2.24. The summed E-state index contributed by atoms with van der Waals surface area (Å²) < 4.78 is 10.2. The van der Waals surface area contributed by atoms with E-state index in [0.717, 1.165) is 0 Å². The molecule has 1 aromatic carbocycles. The zero-order chi connectivity index (χ0) is 15.9. The maximum absolute atomic E-state index is 11.8. The third-order valence-corrected chi connectivity index (χ3v) is 2.40. The van der Waals surface area contributed by atoms with E-state index >= 15 is 0 Å². The second-order valence-electron chi connectivity index (χ2n) is 5.43. The molecular formula is C15H22N2O4. The van der Waals surface area contributed by atoms with E-state index in [0.29, 0.717) is 11.4 Å². The summed E-state index contributed by atoms with van der Waals surface area (Å²) in [5, 5.41) is 5.26. The fourth-order valence-electron chi connectivity index (χ4n) is 1.55. The maximum Gasteiger partial charge on any atom is 0.407 e. The van der Waals surface area contributed by atoms with Crippen LogP contribution in [0.15, 0.2) is 24.3 Å². The Bertz CT molecular complexity index is 495. The smallest absolute Gasteiger partial charge is 0.407 e.